The fourth-order valence-corrected chi connectivity index (χ4v) is 2.99. The fraction of sp³-hybridized carbons (Fsp3) is 0.500. The van der Waals surface area contributed by atoms with Gasteiger partial charge in [0.15, 0.2) is 5.78 Å². The van der Waals surface area contributed by atoms with Gasteiger partial charge in [0.1, 0.15) is 0 Å². The Morgan fingerprint density at radius 2 is 1.95 bits per heavy atom. The van der Waals surface area contributed by atoms with E-state index in [1.807, 2.05) is 23.1 Å². The Morgan fingerprint density at radius 1 is 1.19 bits per heavy atom. The van der Waals surface area contributed by atoms with Crippen molar-refractivity contribution >= 4 is 17.4 Å². The van der Waals surface area contributed by atoms with Crippen molar-refractivity contribution in [3.63, 3.8) is 0 Å². The zero-order chi connectivity index (χ0) is 14.8. The van der Waals surface area contributed by atoms with Crippen molar-refractivity contribution in [1.29, 1.82) is 0 Å². The average molecular weight is 287 g/mol. The highest BCUT2D eigenvalue weighted by atomic mass is 16.2. The monoisotopic (exact) mass is 287 g/mol. The number of carbonyl (C=O) groups is 2. The van der Waals surface area contributed by atoms with E-state index >= 15 is 0 Å². The lowest BCUT2D eigenvalue weighted by atomic mass is 10.0. The highest BCUT2D eigenvalue weighted by molar-refractivity contribution is 5.98. The number of hydrogen-bond acceptors (Lipinski definition) is 4. The largest absolute Gasteiger partial charge is 0.384 e. The summed E-state index contributed by atoms with van der Waals surface area (Å²) < 4.78 is 0. The molecule has 2 heterocycles. The molecule has 0 aromatic heterocycles. The van der Waals surface area contributed by atoms with Crippen molar-refractivity contribution in [1.82, 2.24) is 9.80 Å². The number of piperazine rings is 1. The van der Waals surface area contributed by atoms with Gasteiger partial charge >= 0.3 is 0 Å². The summed E-state index contributed by atoms with van der Waals surface area (Å²) in [4.78, 5) is 27.6. The smallest absolute Gasteiger partial charge is 0.219 e. The van der Waals surface area contributed by atoms with E-state index in [4.69, 9.17) is 0 Å². The quantitative estimate of drug-likeness (QED) is 0.843. The number of benzene rings is 1. The molecule has 21 heavy (non-hydrogen) atoms. The van der Waals surface area contributed by atoms with Gasteiger partial charge in [0.2, 0.25) is 5.91 Å². The molecule has 5 nitrogen and oxygen atoms in total. The van der Waals surface area contributed by atoms with E-state index < -0.39 is 0 Å². The number of carbonyl (C=O) groups excluding carboxylic acids is 2. The predicted octanol–water partition coefficient (Wildman–Crippen LogP) is 1.00. The molecule has 1 aromatic carbocycles. The Hall–Kier alpha value is -1.88. The van der Waals surface area contributed by atoms with Gasteiger partial charge in [-0.3, -0.25) is 14.5 Å². The molecule has 0 saturated carbocycles. The molecule has 0 aliphatic carbocycles. The second-order valence-electron chi connectivity index (χ2n) is 5.75. The number of fused-ring (bicyclic) bond motifs is 1. The van der Waals surface area contributed by atoms with E-state index in [9.17, 15) is 9.59 Å². The van der Waals surface area contributed by atoms with Crippen LogP contribution in [0.15, 0.2) is 18.2 Å². The third-order valence-electron chi connectivity index (χ3n) is 4.32. The van der Waals surface area contributed by atoms with E-state index in [1.165, 1.54) is 5.56 Å². The topological polar surface area (TPSA) is 52.7 Å². The molecule has 0 bridgehead atoms. The molecule has 1 fully saturated rings. The SMILES string of the molecule is CC(=O)N1CCN(CC(=O)c2ccc3c(c2)CCN3)CC1. The molecule has 2 aliphatic heterocycles. The minimum absolute atomic E-state index is 0.118. The van der Waals surface area contributed by atoms with E-state index in [1.54, 1.807) is 6.92 Å². The molecule has 0 spiro atoms. The molecular weight excluding hydrogens is 266 g/mol. The molecule has 1 amide bonds. The Kier molecular flexibility index (Phi) is 3.92. The van der Waals surface area contributed by atoms with Crippen molar-refractivity contribution in [3.8, 4) is 0 Å². The number of rotatable bonds is 3. The van der Waals surface area contributed by atoms with Crippen LogP contribution in [0.5, 0.6) is 0 Å². The van der Waals surface area contributed by atoms with Gasteiger partial charge in [-0.1, -0.05) is 0 Å². The van der Waals surface area contributed by atoms with Crippen molar-refractivity contribution < 1.29 is 9.59 Å². The average Bonchev–Trinajstić information content (AvgIpc) is 2.95. The second-order valence-corrected chi connectivity index (χ2v) is 5.75. The van der Waals surface area contributed by atoms with E-state index in [0.717, 1.165) is 50.4 Å². The lowest BCUT2D eigenvalue weighted by Crippen LogP contribution is -2.49. The molecule has 1 aromatic rings. The van der Waals surface area contributed by atoms with Gasteiger partial charge < -0.3 is 10.2 Å². The summed E-state index contributed by atoms with van der Waals surface area (Å²) in [6.07, 6.45) is 0.994. The third-order valence-corrected chi connectivity index (χ3v) is 4.32. The summed E-state index contributed by atoms with van der Waals surface area (Å²) in [7, 11) is 0. The fourth-order valence-electron chi connectivity index (χ4n) is 2.99. The molecule has 0 unspecified atom stereocenters. The summed E-state index contributed by atoms with van der Waals surface area (Å²) in [6, 6.07) is 5.93. The van der Waals surface area contributed by atoms with Crippen molar-refractivity contribution in [2.75, 3.05) is 44.6 Å². The first-order chi connectivity index (χ1) is 10.1. The molecule has 1 saturated heterocycles. The molecule has 3 rings (SSSR count). The third kappa shape index (κ3) is 3.08. The van der Waals surface area contributed by atoms with Crippen LogP contribution < -0.4 is 5.32 Å². The molecule has 0 radical (unpaired) electrons. The molecule has 112 valence electrons. The van der Waals surface area contributed by atoms with Crippen LogP contribution in [0.4, 0.5) is 5.69 Å². The Labute approximate surface area is 124 Å². The van der Waals surface area contributed by atoms with Gasteiger partial charge in [0.25, 0.3) is 0 Å². The van der Waals surface area contributed by atoms with Crippen LogP contribution in [-0.2, 0) is 11.2 Å². The number of hydrogen-bond donors (Lipinski definition) is 1. The van der Waals surface area contributed by atoms with Crippen LogP contribution in [0.1, 0.15) is 22.8 Å². The summed E-state index contributed by atoms with van der Waals surface area (Å²) in [6.45, 7) is 5.99. The Bertz CT molecular complexity index is 563. The van der Waals surface area contributed by atoms with Crippen LogP contribution >= 0.6 is 0 Å². The number of nitrogens with zero attached hydrogens (tertiary/aromatic N) is 2. The molecule has 2 aliphatic rings. The number of Topliss-reactive ketones (excluding diaryl/α,β-unsaturated/α-hetero) is 1. The normalized spacial score (nSPS) is 18.2. The first-order valence-electron chi connectivity index (χ1n) is 7.51. The van der Waals surface area contributed by atoms with Gasteiger partial charge in [0.05, 0.1) is 6.54 Å². The molecule has 1 N–H and O–H groups in total. The van der Waals surface area contributed by atoms with E-state index in [-0.39, 0.29) is 11.7 Å². The van der Waals surface area contributed by atoms with Gasteiger partial charge in [-0.2, -0.15) is 0 Å². The summed E-state index contributed by atoms with van der Waals surface area (Å²) in [5, 5.41) is 3.30. The molecule has 5 heteroatoms. The maximum Gasteiger partial charge on any atom is 0.219 e. The standard InChI is InChI=1S/C16H21N3O2/c1-12(20)19-8-6-18(7-9-19)11-16(21)14-2-3-15-13(10-14)4-5-17-15/h2-3,10,17H,4-9,11H2,1H3. The summed E-state index contributed by atoms with van der Waals surface area (Å²) >= 11 is 0. The van der Waals surface area contributed by atoms with Gasteiger partial charge in [0, 0.05) is 50.9 Å². The maximum absolute atomic E-state index is 12.4. The Balaban J connectivity index is 1.58. The lowest BCUT2D eigenvalue weighted by Gasteiger charge is -2.33. The van der Waals surface area contributed by atoms with Crippen LogP contribution in [0, 0.1) is 0 Å². The van der Waals surface area contributed by atoms with E-state index in [0.29, 0.717) is 6.54 Å². The van der Waals surface area contributed by atoms with Crippen LogP contribution in [0.2, 0.25) is 0 Å². The molecule has 0 atom stereocenters. The predicted molar refractivity (Wildman–Crippen MR) is 81.7 cm³/mol. The van der Waals surface area contributed by atoms with Crippen LogP contribution in [-0.4, -0.2) is 60.8 Å². The maximum atomic E-state index is 12.4. The minimum Gasteiger partial charge on any atom is -0.384 e. The number of nitrogens with one attached hydrogen (secondary N) is 1. The van der Waals surface area contributed by atoms with Gasteiger partial charge in [-0.05, 0) is 30.2 Å². The van der Waals surface area contributed by atoms with Gasteiger partial charge in [-0.25, -0.2) is 0 Å². The summed E-state index contributed by atoms with van der Waals surface area (Å²) in [5.41, 5.74) is 3.19. The first-order valence-corrected chi connectivity index (χ1v) is 7.51. The Morgan fingerprint density at radius 3 is 2.67 bits per heavy atom. The number of anilines is 1. The van der Waals surface area contributed by atoms with Crippen LogP contribution in [0.25, 0.3) is 0 Å². The van der Waals surface area contributed by atoms with Crippen molar-refractivity contribution in [2.45, 2.75) is 13.3 Å². The highest BCUT2D eigenvalue weighted by Crippen LogP contribution is 2.23. The van der Waals surface area contributed by atoms with Gasteiger partial charge in [-0.15, -0.1) is 0 Å². The number of ketones is 1. The minimum atomic E-state index is 0.118. The van der Waals surface area contributed by atoms with Crippen LogP contribution in [0.3, 0.4) is 0 Å². The van der Waals surface area contributed by atoms with E-state index in [2.05, 4.69) is 10.2 Å². The highest BCUT2D eigenvalue weighted by Gasteiger charge is 2.21. The van der Waals surface area contributed by atoms with Crippen molar-refractivity contribution in [3.05, 3.63) is 29.3 Å². The zero-order valence-corrected chi connectivity index (χ0v) is 12.4. The lowest BCUT2D eigenvalue weighted by molar-refractivity contribution is -0.130. The molecular formula is C16H21N3O2. The first kappa shape index (κ1) is 14.1. The number of amides is 1. The van der Waals surface area contributed by atoms with Crippen molar-refractivity contribution in [2.24, 2.45) is 0 Å². The summed E-state index contributed by atoms with van der Waals surface area (Å²) in [5.74, 6) is 0.285. The zero-order valence-electron chi connectivity index (χ0n) is 12.4. The second kappa shape index (κ2) is 5.85.